The summed E-state index contributed by atoms with van der Waals surface area (Å²) in [5.74, 6) is 0. The molecule has 2 rings (SSSR count). The lowest BCUT2D eigenvalue weighted by molar-refractivity contribution is 0.559. The number of rotatable bonds is 2. The van der Waals surface area contributed by atoms with Crippen LogP contribution >= 0.6 is 0 Å². The summed E-state index contributed by atoms with van der Waals surface area (Å²) in [7, 11) is 3.89. The molecule has 1 saturated heterocycles. The van der Waals surface area contributed by atoms with Crippen molar-refractivity contribution in [1.29, 1.82) is 10.5 Å². The van der Waals surface area contributed by atoms with Crippen LogP contribution in [0.1, 0.15) is 5.56 Å². The van der Waals surface area contributed by atoms with Gasteiger partial charge in [0.1, 0.15) is 17.7 Å². The van der Waals surface area contributed by atoms with Gasteiger partial charge < -0.3 is 9.80 Å². The van der Waals surface area contributed by atoms with Gasteiger partial charge in [-0.05, 0) is 30.2 Å². The first-order chi connectivity index (χ1) is 10.0. The maximum Gasteiger partial charge on any atom is 0.135 e. The Balaban J connectivity index is 2.43. The molecule has 0 amide bonds. The Morgan fingerprint density at radius 1 is 1.24 bits per heavy atom. The quantitative estimate of drug-likeness (QED) is 0.780. The minimum absolute atomic E-state index is 0.207. The molecule has 0 bridgehead atoms. The van der Waals surface area contributed by atoms with E-state index in [1.54, 1.807) is 0 Å². The fraction of sp³-hybridized carbons (Fsp3) is 0.294. The van der Waals surface area contributed by atoms with Gasteiger partial charge in [0.25, 0.3) is 0 Å². The molecule has 1 heterocycles. The number of hydrogen-bond acceptors (Lipinski definition) is 4. The third-order valence-corrected chi connectivity index (χ3v) is 3.40. The first kappa shape index (κ1) is 14.7. The van der Waals surface area contributed by atoms with E-state index in [2.05, 4.69) is 30.0 Å². The van der Waals surface area contributed by atoms with Crippen molar-refractivity contribution in [3.8, 4) is 12.1 Å². The summed E-state index contributed by atoms with van der Waals surface area (Å²) in [4.78, 5) is 4.13. The predicted molar refractivity (Wildman–Crippen MR) is 83.4 cm³/mol. The number of aryl methyl sites for hydroxylation is 1. The van der Waals surface area contributed by atoms with Crippen LogP contribution in [0.3, 0.4) is 0 Å². The van der Waals surface area contributed by atoms with Gasteiger partial charge in [0.05, 0.1) is 0 Å². The molecule has 0 atom stereocenters. The molecule has 106 valence electrons. The van der Waals surface area contributed by atoms with Gasteiger partial charge in [-0.3, -0.25) is 0 Å². The zero-order chi connectivity index (χ0) is 15.4. The average Bonchev–Trinajstić information content (AvgIpc) is 2.83. The minimum Gasteiger partial charge on any atom is -0.383 e. The zero-order valence-electron chi connectivity index (χ0n) is 12.6. The van der Waals surface area contributed by atoms with Crippen molar-refractivity contribution in [2.24, 2.45) is 0 Å². The summed E-state index contributed by atoms with van der Waals surface area (Å²) in [5, 5.41) is 18.3. The second kappa shape index (κ2) is 6.15. The van der Waals surface area contributed by atoms with Crippen molar-refractivity contribution in [3.63, 3.8) is 0 Å². The SMILES string of the molecule is Cc1cccc(N2CC(=CN(C)C)C(=C(C#N)C#N)C2)c1. The van der Waals surface area contributed by atoms with E-state index in [0.29, 0.717) is 13.1 Å². The van der Waals surface area contributed by atoms with E-state index in [0.717, 1.165) is 16.8 Å². The van der Waals surface area contributed by atoms with Crippen molar-refractivity contribution < 1.29 is 0 Å². The molecule has 4 nitrogen and oxygen atoms in total. The highest BCUT2D eigenvalue weighted by molar-refractivity contribution is 5.62. The van der Waals surface area contributed by atoms with Crippen LogP contribution in [0.2, 0.25) is 0 Å². The summed E-state index contributed by atoms with van der Waals surface area (Å²) < 4.78 is 0. The van der Waals surface area contributed by atoms with Gasteiger partial charge >= 0.3 is 0 Å². The fourth-order valence-corrected chi connectivity index (χ4v) is 2.49. The largest absolute Gasteiger partial charge is 0.383 e. The molecule has 4 heteroatoms. The normalized spacial score (nSPS) is 15.8. The van der Waals surface area contributed by atoms with Crippen molar-refractivity contribution in [2.45, 2.75) is 6.92 Å². The molecular formula is C17H18N4. The molecule has 0 aliphatic carbocycles. The fourth-order valence-electron chi connectivity index (χ4n) is 2.49. The van der Waals surface area contributed by atoms with Gasteiger partial charge in [-0.25, -0.2) is 0 Å². The lowest BCUT2D eigenvalue weighted by Crippen LogP contribution is -2.18. The third kappa shape index (κ3) is 3.24. The highest BCUT2D eigenvalue weighted by atomic mass is 15.2. The topological polar surface area (TPSA) is 54.1 Å². The number of benzene rings is 1. The summed E-state index contributed by atoms with van der Waals surface area (Å²) >= 11 is 0. The summed E-state index contributed by atoms with van der Waals surface area (Å²) in [6.07, 6.45) is 1.99. The molecule has 0 radical (unpaired) electrons. The second-order valence-electron chi connectivity index (χ2n) is 5.39. The molecule has 0 aromatic heterocycles. The van der Waals surface area contributed by atoms with Crippen molar-refractivity contribution in [3.05, 3.63) is 52.7 Å². The monoisotopic (exact) mass is 278 g/mol. The molecule has 1 aliphatic rings. The van der Waals surface area contributed by atoms with Crippen LogP contribution < -0.4 is 4.90 Å². The smallest absolute Gasteiger partial charge is 0.135 e. The van der Waals surface area contributed by atoms with Crippen molar-refractivity contribution in [2.75, 3.05) is 32.1 Å². The predicted octanol–water partition coefficient (Wildman–Crippen LogP) is 2.60. The van der Waals surface area contributed by atoms with E-state index >= 15 is 0 Å². The van der Waals surface area contributed by atoms with E-state index in [1.165, 1.54) is 5.56 Å². The number of anilines is 1. The van der Waals surface area contributed by atoms with Crippen LogP contribution in [0.25, 0.3) is 0 Å². The van der Waals surface area contributed by atoms with Crippen LogP contribution in [0.15, 0.2) is 47.2 Å². The van der Waals surface area contributed by atoms with Crippen molar-refractivity contribution in [1.82, 2.24) is 4.90 Å². The molecule has 0 unspecified atom stereocenters. The van der Waals surface area contributed by atoms with Crippen LogP contribution in [-0.4, -0.2) is 32.1 Å². The summed E-state index contributed by atoms with van der Waals surface area (Å²) in [5.41, 5.74) is 4.38. The molecule has 1 aromatic carbocycles. The van der Waals surface area contributed by atoms with Crippen LogP contribution in [-0.2, 0) is 0 Å². The molecular weight excluding hydrogens is 260 g/mol. The van der Waals surface area contributed by atoms with Gasteiger partial charge in [0.2, 0.25) is 0 Å². The molecule has 1 aliphatic heterocycles. The first-order valence-electron chi connectivity index (χ1n) is 6.77. The third-order valence-electron chi connectivity index (χ3n) is 3.40. The zero-order valence-corrected chi connectivity index (χ0v) is 12.6. The van der Waals surface area contributed by atoms with Gasteiger partial charge in [-0.15, -0.1) is 0 Å². The molecule has 0 spiro atoms. The Hall–Kier alpha value is -2.72. The number of nitrogens with zero attached hydrogens (tertiary/aromatic N) is 4. The number of hydrogen-bond donors (Lipinski definition) is 0. The second-order valence-corrected chi connectivity index (χ2v) is 5.39. The Bertz CT molecular complexity index is 667. The highest BCUT2D eigenvalue weighted by Crippen LogP contribution is 2.29. The number of nitriles is 2. The summed E-state index contributed by atoms with van der Waals surface area (Å²) in [6.45, 7) is 3.37. The first-order valence-corrected chi connectivity index (χ1v) is 6.77. The van der Waals surface area contributed by atoms with E-state index in [-0.39, 0.29) is 5.57 Å². The Morgan fingerprint density at radius 2 is 1.95 bits per heavy atom. The van der Waals surface area contributed by atoms with Crippen LogP contribution in [0.5, 0.6) is 0 Å². The maximum absolute atomic E-state index is 9.15. The van der Waals surface area contributed by atoms with Gasteiger partial charge in [-0.2, -0.15) is 10.5 Å². The van der Waals surface area contributed by atoms with Crippen molar-refractivity contribution >= 4 is 5.69 Å². The molecule has 0 N–H and O–H groups in total. The van der Waals surface area contributed by atoms with Gasteiger partial charge in [-0.1, -0.05) is 12.1 Å². The molecule has 1 fully saturated rings. The van der Waals surface area contributed by atoms with Gasteiger partial charge in [0.15, 0.2) is 0 Å². The molecule has 0 saturated carbocycles. The Morgan fingerprint density at radius 3 is 2.52 bits per heavy atom. The van der Waals surface area contributed by atoms with E-state index in [9.17, 15) is 0 Å². The lowest BCUT2D eigenvalue weighted by atomic mass is 10.1. The molecule has 1 aromatic rings. The van der Waals surface area contributed by atoms with Crippen LogP contribution in [0, 0.1) is 29.6 Å². The average molecular weight is 278 g/mol. The van der Waals surface area contributed by atoms with Gasteiger partial charge in [0, 0.05) is 44.6 Å². The minimum atomic E-state index is 0.207. The molecule has 21 heavy (non-hydrogen) atoms. The Labute approximate surface area is 125 Å². The van der Waals surface area contributed by atoms with E-state index in [1.807, 2.05) is 43.4 Å². The maximum atomic E-state index is 9.15. The number of allylic oxidation sites excluding steroid dienone is 1. The van der Waals surface area contributed by atoms with E-state index < -0.39 is 0 Å². The lowest BCUT2D eigenvalue weighted by Gasteiger charge is -2.17. The standard InChI is InChI=1S/C17H18N4/c1-13-5-4-6-16(7-13)21-11-15(10-20(2)3)17(12-21)14(8-18)9-19/h4-7,10H,11-12H2,1-3H3. The van der Waals surface area contributed by atoms with Crippen LogP contribution in [0.4, 0.5) is 5.69 Å². The highest BCUT2D eigenvalue weighted by Gasteiger charge is 2.25. The van der Waals surface area contributed by atoms with E-state index in [4.69, 9.17) is 10.5 Å². The Kier molecular flexibility index (Phi) is 4.30. The summed E-state index contributed by atoms with van der Waals surface area (Å²) in [6, 6.07) is 12.3.